The Bertz CT molecular complexity index is 2760. The van der Waals surface area contributed by atoms with E-state index in [1.807, 2.05) is 0 Å². The Hall–Kier alpha value is -6.38. The van der Waals surface area contributed by atoms with Gasteiger partial charge in [-0.05, 0) is 75.2 Å². The SMILES string of the molecule is c1ccc(-c2ccc(-n3c4ccccc4c4cc5c(cc43)C3(c4ccccc4Oc4ccccc43)c3ccccc3-5)c3ccccc23)cc1. The lowest BCUT2D eigenvalue weighted by Gasteiger charge is -2.39. The van der Waals surface area contributed by atoms with Crippen molar-refractivity contribution in [3.63, 3.8) is 0 Å². The Morgan fingerprint density at radius 1 is 0.367 bits per heavy atom. The van der Waals surface area contributed by atoms with Gasteiger partial charge in [0.15, 0.2) is 0 Å². The van der Waals surface area contributed by atoms with Gasteiger partial charge < -0.3 is 9.30 Å². The Morgan fingerprint density at radius 2 is 0.980 bits per heavy atom. The molecule has 9 aromatic rings. The molecule has 0 radical (unpaired) electrons. The first-order chi connectivity index (χ1) is 24.3. The molecule has 228 valence electrons. The van der Waals surface area contributed by atoms with Crippen LogP contribution in [0.4, 0.5) is 0 Å². The second-order valence-corrected chi connectivity index (χ2v) is 13.2. The van der Waals surface area contributed by atoms with Gasteiger partial charge in [-0.1, -0.05) is 140 Å². The van der Waals surface area contributed by atoms with Crippen LogP contribution in [0.1, 0.15) is 22.3 Å². The van der Waals surface area contributed by atoms with Crippen LogP contribution in [-0.2, 0) is 5.41 Å². The van der Waals surface area contributed by atoms with Crippen molar-refractivity contribution in [3.05, 3.63) is 198 Å². The molecule has 11 rings (SSSR count). The summed E-state index contributed by atoms with van der Waals surface area (Å²) in [5.41, 5.74) is 13.0. The lowest BCUT2D eigenvalue weighted by Crippen LogP contribution is -2.32. The van der Waals surface area contributed by atoms with E-state index >= 15 is 0 Å². The van der Waals surface area contributed by atoms with E-state index in [0.29, 0.717) is 0 Å². The summed E-state index contributed by atoms with van der Waals surface area (Å²) in [7, 11) is 0. The van der Waals surface area contributed by atoms with Crippen molar-refractivity contribution >= 4 is 32.6 Å². The number of para-hydroxylation sites is 3. The van der Waals surface area contributed by atoms with E-state index < -0.39 is 5.41 Å². The highest BCUT2D eigenvalue weighted by atomic mass is 16.5. The molecule has 0 bridgehead atoms. The summed E-state index contributed by atoms with van der Waals surface area (Å²) in [4.78, 5) is 0. The number of fused-ring (bicyclic) bond motifs is 13. The van der Waals surface area contributed by atoms with Crippen molar-refractivity contribution < 1.29 is 4.74 Å². The van der Waals surface area contributed by atoms with Crippen LogP contribution < -0.4 is 4.74 Å². The lowest BCUT2D eigenvalue weighted by atomic mass is 9.66. The molecule has 2 heteroatoms. The molecule has 8 aromatic carbocycles. The van der Waals surface area contributed by atoms with Crippen molar-refractivity contribution in [3.8, 4) is 39.4 Å². The zero-order chi connectivity index (χ0) is 32.1. The summed E-state index contributed by atoms with van der Waals surface area (Å²) in [5, 5.41) is 4.98. The summed E-state index contributed by atoms with van der Waals surface area (Å²) in [6.07, 6.45) is 0. The van der Waals surface area contributed by atoms with Gasteiger partial charge in [-0.3, -0.25) is 0 Å². The summed E-state index contributed by atoms with van der Waals surface area (Å²) >= 11 is 0. The molecule has 0 saturated heterocycles. The van der Waals surface area contributed by atoms with Crippen LogP contribution in [0.15, 0.2) is 176 Å². The number of rotatable bonds is 2. The fourth-order valence-electron chi connectivity index (χ4n) is 8.92. The zero-order valence-electron chi connectivity index (χ0n) is 26.6. The fourth-order valence-corrected chi connectivity index (χ4v) is 8.92. The molecule has 0 atom stereocenters. The molecule has 49 heavy (non-hydrogen) atoms. The van der Waals surface area contributed by atoms with E-state index in [1.54, 1.807) is 0 Å². The normalized spacial score (nSPS) is 13.6. The van der Waals surface area contributed by atoms with Crippen molar-refractivity contribution in [2.45, 2.75) is 5.41 Å². The van der Waals surface area contributed by atoms with Crippen LogP contribution in [0.3, 0.4) is 0 Å². The standard InChI is InChI=1S/C47H29NO/c1-2-14-30(15-3-1)31-26-27-43(34-18-5-4-16-32(31)34)48-42-23-11-7-19-35(42)37-28-36-33-17-6-8-20-38(33)47(41(36)29-44(37)48)39-21-9-12-24-45(39)49-46-25-13-10-22-40(46)47/h1-29H. The topological polar surface area (TPSA) is 14.2 Å². The largest absolute Gasteiger partial charge is 0.457 e. The average Bonchev–Trinajstić information content (AvgIpc) is 3.64. The van der Waals surface area contributed by atoms with Gasteiger partial charge in [-0.25, -0.2) is 0 Å². The highest BCUT2D eigenvalue weighted by Crippen LogP contribution is 2.62. The Kier molecular flexibility index (Phi) is 5.34. The molecule has 1 aliphatic heterocycles. The molecule has 0 amide bonds. The first-order valence-corrected chi connectivity index (χ1v) is 16.9. The van der Waals surface area contributed by atoms with Crippen molar-refractivity contribution in [2.75, 3.05) is 0 Å². The van der Waals surface area contributed by atoms with Crippen LogP contribution in [-0.4, -0.2) is 4.57 Å². The third-order valence-corrected chi connectivity index (χ3v) is 10.9. The maximum Gasteiger partial charge on any atom is 0.132 e. The van der Waals surface area contributed by atoms with E-state index in [9.17, 15) is 0 Å². The van der Waals surface area contributed by atoms with Crippen molar-refractivity contribution in [1.29, 1.82) is 0 Å². The molecule has 0 N–H and O–H groups in total. The van der Waals surface area contributed by atoms with Gasteiger partial charge >= 0.3 is 0 Å². The fraction of sp³-hybridized carbons (Fsp3) is 0.0213. The molecule has 1 aliphatic carbocycles. The molecule has 0 saturated carbocycles. The summed E-state index contributed by atoms with van der Waals surface area (Å²) in [5.74, 6) is 1.82. The monoisotopic (exact) mass is 623 g/mol. The molecule has 2 nitrogen and oxygen atoms in total. The minimum atomic E-state index is -0.522. The Morgan fingerprint density at radius 3 is 1.76 bits per heavy atom. The Balaban J connectivity index is 1.29. The first-order valence-electron chi connectivity index (χ1n) is 16.9. The van der Waals surface area contributed by atoms with Crippen LogP contribution >= 0.6 is 0 Å². The third-order valence-electron chi connectivity index (χ3n) is 10.9. The predicted octanol–water partition coefficient (Wildman–Crippen LogP) is 12.1. The molecule has 0 fully saturated rings. The van der Waals surface area contributed by atoms with Gasteiger partial charge in [0, 0.05) is 27.3 Å². The number of nitrogens with zero attached hydrogens (tertiary/aromatic N) is 1. The van der Waals surface area contributed by atoms with Gasteiger partial charge in [0.05, 0.1) is 22.1 Å². The van der Waals surface area contributed by atoms with Crippen LogP contribution in [0.2, 0.25) is 0 Å². The second-order valence-electron chi connectivity index (χ2n) is 13.2. The number of hydrogen-bond acceptors (Lipinski definition) is 1. The highest BCUT2D eigenvalue weighted by molar-refractivity contribution is 6.14. The minimum absolute atomic E-state index is 0.522. The van der Waals surface area contributed by atoms with E-state index in [1.165, 1.54) is 82.8 Å². The van der Waals surface area contributed by atoms with Crippen LogP contribution in [0, 0.1) is 0 Å². The van der Waals surface area contributed by atoms with Crippen LogP contribution in [0.5, 0.6) is 11.5 Å². The maximum absolute atomic E-state index is 6.61. The lowest BCUT2D eigenvalue weighted by molar-refractivity contribution is 0.436. The van der Waals surface area contributed by atoms with Gasteiger partial charge in [0.1, 0.15) is 11.5 Å². The van der Waals surface area contributed by atoms with Gasteiger partial charge in [0.25, 0.3) is 0 Å². The molecule has 2 aliphatic rings. The summed E-state index contributed by atoms with van der Waals surface area (Å²) < 4.78 is 9.11. The van der Waals surface area contributed by atoms with E-state index in [2.05, 4.69) is 180 Å². The third kappa shape index (κ3) is 3.45. The number of hydrogen-bond donors (Lipinski definition) is 0. The molecule has 1 spiro atoms. The van der Waals surface area contributed by atoms with Gasteiger partial charge in [0.2, 0.25) is 0 Å². The number of benzene rings is 8. The number of ether oxygens (including phenoxy) is 1. The van der Waals surface area contributed by atoms with Gasteiger partial charge in [-0.2, -0.15) is 0 Å². The predicted molar refractivity (Wildman–Crippen MR) is 201 cm³/mol. The molecule has 0 unspecified atom stereocenters. The maximum atomic E-state index is 6.61. The molecular weight excluding hydrogens is 595 g/mol. The minimum Gasteiger partial charge on any atom is -0.457 e. The van der Waals surface area contributed by atoms with Crippen molar-refractivity contribution in [1.82, 2.24) is 4.57 Å². The molecular formula is C47H29NO. The van der Waals surface area contributed by atoms with E-state index in [0.717, 1.165) is 11.5 Å². The van der Waals surface area contributed by atoms with Crippen LogP contribution in [0.25, 0.3) is 60.5 Å². The first kappa shape index (κ1) is 26.7. The summed E-state index contributed by atoms with van der Waals surface area (Å²) in [6.45, 7) is 0. The number of aromatic nitrogens is 1. The van der Waals surface area contributed by atoms with E-state index in [-0.39, 0.29) is 0 Å². The summed E-state index contributed by atoms with van der Waals surface area (Å²) in [6, 6.07) is 64.1. The van der Waals surface area contributed by atoms with E-state index in [4.69, 9.17) is 4.74 Å². The smallest absolute Gasteiger partial charge is 0.132 e. The second kappa shape index (κ2) is 9.82. The Labute approximate surface area is 284 Å². The highest BCUT2D eigenvalue weighted by Gasteiger charge is 2.51. The quantitative estimate of drug-likeness (QED) is 0.187. The average molecular weight is 624 g/mol. The van der Waals surface area contributed by atoms with Gasteiger partial charge in [-0.15, -0.1) is 0 Å². The van der Waals surface area contributed by atoms with Crippen molar-refractivity contribution in [2.24, 2.45) is 0 Å². The molecule has 1 aromatic heterocycles. The zero-order valence-corrected chi connectivity index (χ0v) is 26.6. The molecule has 2 heterocycles.